The molecule has 26 heavy (non-hydrogen) atoms. The molecule has 0 spiro atoms. The van der Waals surface area contributed by atoms with Crippen molar-refractivity contribution in [2.45, 2.75) is 49.8 Å². The van der Waals surface area contributed by atoms with Crippen LogP contribution in [0, 0.1) is 6.92 Å². The van der Waals surface area contributed by atoms with Gasteiger partial charge in [-0.2, -0.15) is 4.31 Å². The second kappa shape index (κ2) is 7.50. The van der Waals surface area contributed by atoms with Crippen molar-refractivity contribution in [2.75, 3.05) is 11.9 Å². The first kappa shape index (κ1) is 19.1. The summed E-state index contributed by atoms with van der Waals surface area (Å²) in [6.07, 6.45) is 1.23. The largest absolute Gasteiger partial charge is 0.324 e. The second-order valence-corrected chi connectivity index (χ2v) is 9.95. The monoisotopic (exact) mass is 392 g/mol. The molecule has 1 amide bonds. The Balaban J connectivity index is 1.87. The van der Waals surface area contributed by atoms with Gasteiger partial charge in [-0.25, -0.2) is 8.42 Å². The van der Waals surface area contributed by atoms with Crippen LogP contribution < -0.4 is 5.32 Å². The number of sulfonamides is 1. The number of nitrogens with one attached hydrogen (secondary N) is 1. The van der Waals surface area contributed by atoms with Crippen LogP contribution in [-0.4, -0.2) is 31.2 Å². The fourth-order valence-corrected chi connectivity index (χ4v) is 6.14. The number of rotatable bonds is 5. The molecule has 2 heterocycles. The Labute approximate surface area is 159 Å². The van der Waals surface area contributed by atoms with Crippen LogP contribution in [0.25, 0.3) is 0 Å². The van der Waals surface area contributed by atoms with E-state index in [-0.39, 0.29) is 16.0 Å². The molecule has 1 fully saturated rings. The van der Waals surface area contributed by atoms with E-state index in [4.69, 9.17) is 0 Å². The van der Waals surface area contributed by atoms with Gasteiger partial charge in [0.2, 0.25) is 5.91 Å². The lowest BCUT2D eigenvalue weighted by Crippen LogP contribution is -2.43. The normalized spacial score (nSPS) is 18.4. The van der Waals surface area contributed by atoms with E-state index >= 15 is 0 Å². The van der Waals surface area contributed by atoms with Crippen LogP contribution in [0.2, 0.25) is 0 Å². The first-order chi connectivity index (χ1) is 12.3. The first-order valence-electron chi connectivity index (χ1n) is 8.78. The Bertz CT molecular complexity index is 890. The minimum atomic E-state index is -3.63. The predicted molar refractivity (Wildman–Crippen MR) is 105 cm³/mol. The molecule has 0 saturated carbocycles. The number of para-hydroxylation sites is 1. The fraction of sp³-hybridized carbons (Fsp3) is 0.421. The zero-order valence-electron chi connectivity index (χ0n) is 15.2. The summed E-state index contributed by atoms with van der Waals surface area (Å²) < 4.78 is 27.4. The number of carbonyl (C=O) groups excluding carboxylic acids is 1. The first-order valence-corrected chi connectivity index (χ1v) is 11.1. The van der Waals surface area contributed by atoms with Crippen LogP contribution >= 0.6 is 11.3 Å². The van der Waals surface area contributed by atoms with Crippen LogP contribution in [0.1, 0.15) is 43.7 Å². The molecule has 0 radical (unpaired) electrons. The van der Waals surface area contributed by atoms with Gasteiger partial charge in [0.15, 0.2) is 0 Å². The van der Waals surface area contributed by atoms with Crippen molar-refractivity contribution < 1.29 is 13.2 Å². The Morgan fingerprint density at radius 1 is 1.27 bits per heavy atom. The quantitative estimate of drug-likeness (QED) is 0.837. The van der Waals surface area contributed by atoms with Gasteiger partial charge in [-0.3, -0.25) is 4.79 Å². The number of amides is 1. The molecule has 1 atom stereocenters. The van der Waals surface area contributed by atoms with E-state index in [1.54, 1.807) is 17.5 Å². The topological polar surface area (TPSA) is 66.5 Å². The van der Waals surface area contributed by atoms with Crippen molar-refractivity contribution in [3.05, 3.63) is 46.8 Å². The van der Waals surface area contributed by atoms with Crippen molar-refractivity contribution in [2.24, 2.45) is 0 Å². The van der Waals surface area contributed by atoms with E-state index in [0.717, 1.165) is 16.8 Å². The minimum absolute atomic E-state index is 0.251. The number of thiophene rings is 1. The number of hydrogen-bond acceptors (Lipinski definition) is 4. The Morgan fingerprint density at radius 3 is 2.69 bits per heavy atom. The zero-order valence-corrected chi connectivity index (χ0v) is 16.9. The summed E-state index contributed by atoms with van der Waals surface area (Å²) >= 11 is 1.18. The highest BCUT2D eigenvalue weighted by molar-refractivity contribution is 7.91. The van der Waals surface area contributed by atoms with Crippen LogP contribution in [-0.2, 0) is 14.8 Å². The summed E-state index contributed by atoms with van der Waals surface area (Å²) in [7, 11) is -3.63. The van der Waals surface area contributed by atoms with Gasteiger partial charge in [0.05, 0.1) is 0 Å². The van der Waals surface area contributed by atoms with Gasteiger partial charge in [-0.15, -0.1) is 11.3 Å². The highest BCUT2D eigenvalue weighted by atomic mass is 32.2. The molecule has 1 aliphatic heterocycles. The molecule has 1 aliphatic rings. The number of nitrogens with zero attached hydrogens (tertiary/aromatic N) is 1. The van der Waals surface area contributed by atoms with Crippen molar-refractivity contribution in [1.29, 1.82) is 0 Å². The van der Waals surface area contributed by atoms with E-state index in [9.17, 15) is 13.2 Å². The summed E-state index contributed by atoms with van der Waals surface area (Å²) in [6, 6.07) is 8.57. The number of benzene rings is 1. The molecule has 140 valence electrons. The number of anilines is 1. The van der Waals surface area contributed by atoms with Crippen LogP contribution in [0.5, 0.6) is 0 Å². The zero-order chi connectivity index (χ0) is 18.9. The molecule has 1 N–H and O–H groups in total. The van der Waals surface area contributed by atoms with Gasteiger partial charge in [0, 0.05) is 12.2 Å². The molecule has 1 aromatic carbocycles. The predicted octanol–water partition coefficient (Wildman–Crippen LogP) is 3.97. The summed E-state index contributed by atoms with van der Waals surface area (Å²) in [5.74, 6) is 0.0126. The molecule has 0 bridgehead atoms. The van der Waals surface area contributed by atoms with Gasteiger partial charge < -0.3 is 5.32 Å². The van der Waals surface area contributed by atoms with Gasteiger partial charge in [-0.05, 0) is 48.3 Å². The molecular weight excluding hydrogens is 368 g/mol. The fourth-order valence-electron chi connectivity index (χ4n) is 3.36. The minimum Gasteiger partial charge on any atom is -0.324 e. The summed E-state index contributed by atoms with van der Waals surface area (Å²) in [5, 5.41) is 4.74. The number of hydrogen-bond donors (Lipinski definition) is 1. The van der Waals surface area contributed by atoms with Gasteiger partial charge in [0.1, 0.15) is 10.3 Å². The Hall–Kier alpha value is -1.70. The highest BCUT2D eigenvalue weighted by Crippen LogP contribution is 2.31. The molecule has 0 aliphatic carbocycles. The SMILES string of the molecule is Cc1cccc(C(C)C)c1NC(=O)C1CCCN1S(=O)(=O)c1cccs1. The standard InChI is InChI=1S/C19H24N2O3S2/c1-13(2)15-8-4-7-14(3)18(15)20-19(22)16-9-5-11-21(16)26(23,24)17-10-6-12-25-17/h4,6-8,10,12-13,16H,5,9,11H2,1-3H3,(H,20,22). The van der Waals surface area contributed by atoms with E-state index in [1.165, 1.54) is 15.6 Å². The van der Waals surface area contributed by atoms with E-state index < -0.39 is 16.1 Å². The third-order valence-electron chi connectivity index (χ3n) is 4.74. The lowest BCUT2D eigenvalue weighted by molar-refractivity contribution is -0.119. The molecule has 3 rings (SSSR count). The third-order valence-corrected chi connectivity index (χ3v) is 8.02. The maximum absolute atomic E-state index is 13.0. The van der Waals surface area contributed by atoms with Crippen LogP contribution in [0.4, 0.5) is 5.69 Å². The summed E-state index contributed by atoms with van der Waals surface area (Å²) in [5.41, 5.74) is 2.84. The maximum Gasteiger partial charge on any atom is 0.253 e. The molecular formula is C19H24N2O3S2. The number of carbonyl (C=O) groups is 1. The molecule has 1 unspecified atom stereocenters. The molecule has 7 heteroatoms. The van der Waals surface area contributed by atoms with Crippen molar-refractivity contribution in [3.8, 4) is 0 Å². The van der Waals surface area contributed by atoms with E-state index in [2.05, 4.69) is 19.2 Å². The lowest BCUT2D eigenvalue weighted by atomic mass is 9.98. The van der Waals surface area contributed by atoms with Gasteiger partial charge in [0.25, 0.3) is 10.0 Å². The van der Waals surface area contributed by atoms with Gasteiger partial charge >= 0.3 is 0 Å². The van der Waals surface area contributed by atoms with Crippen molar-refractivity contribution in [1.82, 2.24) is 4.31 Å². The highest BCUT2D eigenvalue weighted by Gasteiger charge is 2.40. The van der Waals surface area contributed by atoms with Crippen LogP contribution in [0.3, 0.4) is 0 Å². The smallest absolute Gasteiger partial charge is 0.253 e. The third kappa shape index (κ3) is 3.56. The second-order valence-electron chi connectivity index (χ2n) is 6.89. The number of aryl methyl sites for hydroxylation is 1. The van der Waals surface area contributed by atoms with Gasteiger partial charge in [-0.1, -0.05) is 38.1 Å². The molecule has 5 nitrogen and oxygen atoms in total. The van der Waals surface area contributed by atoms with E-state index in [1.807, 2.05) is 25.1 Å². The average molecular weight is 393 g/mol. The summed E-state index contributed by atoms with van der Waals surface area (Å²) in [4.78, 5) is 13.0. The Morgan fingerprint density at radius 2 is 2.04 bits per heavy atom. The summed E-state index contributed by atoms with van der Waals surface area (Å²) in [6.45, 7) is 6.49. The lowest BCUT2D eigenvalue weighted by Gasteiger charge is -2.24. The molecule has 1 saturated heterocycles. The molecule has 1 aromatic heterocycles. The van der Waals surface area contributed by atoms with E-state index in [0.29, 0.717) is 19.4 Å². The molecule has 2 aromatic rings. The Kier molecular flexibility index (Phi) is 5.50. The van der Waals surface area contributed by atoms with Crippen molar-refractivity contribution >= 4 is 33.0 Å². The maximum atomic E-state index is 13.0. The van der Waals surface area contributed by atoms with Crippen molar-refractivity contribution in [3.63, 3.8) is 0 Å². The van der Waals surface area contributed by atoms with Crippen LogP contribution in [0.15, 0.2) is 39.9 Å². The average Bonchev–Trinajstić information content (AvgIpc) is 3.28.